The Morgan fingerprint density at radius 2 is 2.03 bits per heavy atom. The van der Waals surface area contributed by atoms with Crippen LogP contribution in [0, 0.1) is 6.92 Å². The van der Waals surface area contributed by atoms with Gasteiger partial charge in [-0.2, -0.15) is 0 Å². The van der Waals surface area contributed by atoms with Crippen molar-refractivity contribution in [2.45, 2.75) is 52.0 Å². The molecule has 1 amide bonds. The van der Waals surface area contributed by atoms with Gasteiger partial charge >= 0.3 is 5.97 Å². The van der Waals surface area contributed by atoms with Gasteiger partial charge < -0.3 is 19.9 Å². The van der Waals surface area contributed by atoms with Crippen LogP contribution >= 0.6 is 24.0 Å². The summed E-state index contributed by atoms with van der Waals surface area (Å²) in [6, 6.07) is 3.79. The van der Waals surface area contributed by atoms with E-state index in [-0.39, 0.29) is 30.3 Å². The van der Waals surface area contributed by atoms with Crippen LogP contribution in [0.2, 0.25) is 0 Å². The normalized spacial score (nSPS) is 18.0. The lowest BCUT2D eigenvalue weighted by Gasteiger charge is -2.35. The summed E-state index contributed by atoms with van der Waals surface area (Å²) in [6.07, 6.45) is 2.07. The molecule has 0 saturated carbocycles. The first-order chi connectivity index (χ1) is 14.9. The number of likely N-dealkylation sites (tertiary alicyclic amines) is 1. The fourth-order valence-corrected chi connectivity index (χ4v) is 5.32. The second kappa shape index (κ2) is 11.1. The number of pyridine rings is 1. The van der Waals surface area contributed by atoms with Gasteiger partial charge in [-0.15, -0.1) is 11.8 Å². The quantitative estimate of drug-likeness (QED) is 0.509. The van der Waals surface area contributed by atoms with E-state index in [0.717, 1.165) is 61.1 Å². The summed E-state index contributed by atoms with van der Waals surface area (Å²) in [7, 11) is 0. The Hall–Kier alpha value is -1.87. The molecule has 0 spiro atoms. The van der Waals surface area contributed by atoms with Crippen LogP contribution in [0.25, 0.3) is 0 Å². The van der Waals surface area contributed by atoms with Crippen LogP contribution in [0.1, 0.15) is 60.8 Å². The maximum atomic E-state index is 13.0. The highest BCUT2D eigenvalue weighted by atomic mass is 32.2. The van der Waals surface area contributed by atoms with E-state index in [1.54, 1.807) is 18.7 Å². The molecule has 0 radical (unpaired) electrons. The number of hydrogen-bond donors (Lipinski definition) is 1. The molecule has 0 aromatic carbocycles. The minimum atomic E-state index is -0.219. The van der Waals surface area contributed by atoms with E-state index < -0.39 is 0 Å². The average molecular weight is 465 g/mol. The minimum Gasteiger partial charge on any atom is -0.466 e. The van der Waals surface area contributed by atoms with E-state index in [1.807, 2.05) is 30.9 Å². The lowest BCUT2D eigenvalue weighted by molar-refractivity contribution is -0.143. The number of rotatable bonds is 6. The Kier molecular flexibility index (Phi) is 8.54. The molecule has 0 bridgehead atoms. The van der Waals surface area contributed by atoms with Crippen LogP contribution in [-0.2, 0) is 9.53 Å². The summed E-state index contributed by atoms with van der Waals surface area (Å²) >= 11 is 7.36. The molecule has 1 N–H and O–H groups in total. The molecule has 170 valence electrons. The molecule has 3 rings (SSSR count). The van der Waals surface area contributed by atoms with Crippen molar-refractivity contribution >= 4 is 41.0 Å². The third kappa shape index (κ3) is 6.32. The topological polar surface area (TPSA) is 74.8 Å². The lowest BCUT2D eigenvalue weighted by atomic mass is 9.90. The number of ether oxygens (including phenoxy) is 1. The predicted molar refractivity (Wildman–Crippen MR) is 127 cm³/mol. The predicted octanol–water partition coefficient (Wildman–Crippen LogP) is 2.93. The summed E-state index contributed by atoms with van der Waals surface area (Å²) in [4.78, 5) is 33.5. The molecular weight excluding hydrogens is 432 g/mol. The van der Waals surface area contributed by atoms with Crippen molar-refractivity contribution in [2.24, 2.45) is 0 Å². The van der Waals surface area contributed by atoms with E-state index in [4.69, 9.17) is 21.9 Å². The lowest BCUT2D eigenvalue weighted by Crippen LogP contribution is -2.47. The number of aryl methyl sites for hydroxylation is 1. The first-order valence-electron chi connectivity index (χ1n) is 10.9. The van der Waals surface area contributed by atoms with E-state index in [0.29, 0.717) is 11.7 Å². The Morgan fingerprint density at radius 1 is 1.29 bits per heavy atom. The van der Waals surface area contributed by atoms with Gasteiger partial charge in [0.2, 0.25) is 0 Å². The molecule has 2 saturated heterocycles. The van der Waals surface area contributed by atoms with Gasteiger partial charge in [0.05, 0.1) is 30.2 Å². The van der Waals surface area contributed by atoms with Crippen molar-refractivity contribution in [3.05, 3.63) is 29.1 Å². The molecule has 3 heterocycles. The number of aromatic nitrogens is 1. The average Bonchev–Trinajstić information content (AvgIpc) is 3.28. The molecular formula is C22H32N4O3S2. The van der Waals surface area contributed by atoms with Gasteiger partial charge in [-0.3, -0.25) is 14.6 Å². The van der Waals surface area contributed by atoms with Gasteiger partial charge in [-0.1, -0.05) is 0 Å². The minimum absolute atomic E-state index is 0.0785. The van der Waals surface area contributed by atoms with Gasteiger partial charge in [0, 0.05) is 43.0 Å². The maximum Gasteiger partial charge on any atom is 0.307 e. The Labute approximate surface area is 194 Å². The number of nitrogens with one attached hydrogen (secondary N) is 1. The van der Waals surface area contributed by atoms with Crippen molar-refractivity contribution < 1.29 is 14.3 Å². The molecule has 1 atom stereocenters. The number of thioether (sulfide) groups is 1. The molecule has 0 aliphatic carbocycles. The van der Waals surface area contributed by atoms with Crippen LogP contribution in [0.4, 0.5) is 0 Å². The van der Waals surface area contributed by atoms with Crippen molar-refractivity contribution in [1.82, 2.24) is 20.1 Å². The second-order valence-electron chi connectivity index (χ2n) is 8.11. The zero-order valence-electron chi connectivity index (χ0n) is 18.6. The molecule has 1 aromatic heterocycles. The van der Waals surface area contributed by atoms with E-state index >= 15 is 0 Å². The molecule has 9 heteroatoms. The Bertz CT molecular complexity index is 806. The Balaban J connectivity index is 1.59. The first kappa shape index (κ1) is 23.8. The van der Waals surface area contributed by atoms with E-state index in [2.05, 4.69) is 10.2 Å². The van der Waals surface area contributed by atoms with E-state index in [1.165, 1.54) is 0 Å². The number of thiocarbonyl (C=S) groups is 1. The van der Waals surface area contributed by atoms with Crippen LogP contribution in [0.15, 0.2) is 12.1 Å². The number of hydrogen-bond acceptors (Lipinski definition) is 6. The molecule has 1 aromatic rings. The molecule has 2 fully saturated rings. The van der Waals surface area contributed by atoms with Crippen molar-refractivity contribution in [3.8, 4) is 0 Å². The summed E-state index contributed by atoms with van der Waals surface area (Å²) in [6.45, 7) is 8.49. The summed E-state index contributed by atoms with van der Waals surface area (Å²) in [5, 5.41) is 3.91. The van der Waals surface area contributed by atoms with Crippen LogP contribution < -0.4 is 5.32 Å². The largest absolute Gasteiger partial charge is 0.466 e. The maximum absolute atomic E-state index is 13.0. The zero-order valence-corrected chi connectivity index (χ0v) is 20.2. The number of nitrogens with zero attached hydrogens (tertiary/aromatic N) is 3. The van der Waals surface area contributed by atoms with E-state index in [9.17, 15) is 9.59 Å². The number of piperidine rings is 1. The smallest absolute Gasteiger partial charge is 0.307 e. The van der Waals surface area contributed by atoms with Gasteiger partial charge in [0.15, 0.2) is 5.11 Å². The van der Waals surface area contributed by atoms with Crippen molar-refractivity contribution in [3.63, 3.8) is 0 Å². The Morgan fingerprint density at radius 3 is 2.68 bits per heavy atom. The van der Waals surface area contributed by atoms with Crippen LogP contribution in [0.3, 0.4) is 0 Å². The van der Waals surface area contributed by atoms with Crippen LogP contribution in [0.5, 0.6) is 0 Å². The molecule has 2 aliphatic heterocycles. The highest BCUT2D eigenvalue weighted by Crippen LogP contribution is 2.31. The van der Waals surface area contributed by atoms with Crippen LogP contribution in [-0.4, -0.2) is 75.7 Å². The van der Waals surface area contributed by atoms with Gasteiger partial charge in [0.1, 0.15) is 0 Å². The number of carbonyl (C=O) groups excluding carboxylic acids is 2. The summed E-state index contributed by atoms with van der Waals surface area (Å²) in [5.74, 6) is 1.87. The number of amides is 1. The van der Waals surface area contributed by atoms with Crippen molar-refractivity contribution in [1.29, 1.82) is 0 Å². The SMILES string of the molecule is CCOC(=O)CC(C)NC(=S)N1CCC(c2nc(C)ccc2C(=O)N2CCSC2)CC1. The highest BCUT2D eigenvalue weighted by Gasteiger charge is 2.29. The molecule has 7 nitrogen and oxygen atoms in total. The monoisotopic (exact) mass is 464 g/mol. The molecule has 2 aliphatic rings. The third-order valence-corrected chi connectivity index (χ3v) is 6.99. The number of carbonyl (C=O) groups is 2. The first-order valence-corrected chi connectivity index (χ1v) is 12.5. The zero-order chi connectivity index (χ0) is 22.4. The van der Waals surface area contributed by atoms with Crippen molar-refractivity contribution in [2.75, 3.05) is 37.9 Å². The summed E-state index contributed by atoms with van der Waals surface area (Å²) < 4.78 is 5.00. The second-order valence-corrected chi connectivity index (χ2v) is 9.57. The molecule has 31 heavy (non-hydrogen) atoms. The highest BCUT2D eigenvalue weighted by molar-refractivity contribution is 7.99. The van der Waals surface area contributed by atoms with Gasteiger partial charge in [-0.25, -0.2) is 0 Å². The fraction of sp³-hybridized carbons (Fsp3) is 0.636. The summed E-state index contributed by atoms with van der Waals surface area (Å²) in [5.41, 5.74) is 2.61. The number of esters is 1. The van der Waals surface area contributed by atoms with Gasteiger partial charge in [-0.05, 0) is 58.0 Å². The fourth-order valence-electron chi connectivity index (χ4n) is 3.99. The third-order valence-electron chi connectivity index (χ3n) is 5.65. The molecule has 1 unspecified atom stereocenters. The van der Waals surface area contributed by atoms with Gasteiger partial charge in [0.25, 0.3) is 5.91 Å². The standard InChI is InChI=1S/C22H32N4O3S2/c1-4-29-19(27)13-16(3)24-22(30)25-9-7-17(8-10-25)20-18(6-5-15(2)23-20)21(28)26-11-12-31-14-26/h5-6,16-17H,4,7-14H2,1-3H3,(H,24,30).